The molecule has 1 unspecified atom stereocenters. The van der Waals surface area contributed by atoms with Gasteiger partial charge in [0.25, 0.3) is 0 Å². The number of halogens is 1. The highest BCUT2D eigenvalue weighted by Gasteiger charge is 2.44. The number of fused-ring (bicyclic) bond motifs is 2. The van der Waals surface area contributed by atoms with Crippen molar-refractivity contribution in [3.8, 4) is 0 Å². The Morgan fingerprint density at radius 1 is 1.34 bits per heavy atom. The minimum atomic E-state index is -0.825. The van der Waals surface area contributed by atoms with Crippen LogP contribution in [0.3, 0.4) is 0 Å². The Morgan fingerprint density at radius 3 is 2.72 bits per heavy atom. The average Bonchev–Trinajstić information content (AvgIpc) is 3.17. The van der Waals surface area contributed by atoms with Crippen molar-refractivity contribution in [2.24, 2.45) is 0 Å². The minimum absolute atomic E-state index is 0.0745. The van der Waals surface area contributed by atoms with E-state index in [9.17, 15) is 18.5 Å². The van der Waals surface area contributed by atoms with E-state index < -0.39 is 23.4 Å². The first kappa shape index (κ1) is 20.3. The van der Waals surface area contributed by atoms with Crippen LogP contribution in [0.5, 0.6) is 0 Å². The molecule has 158 valence electrons. The van der Waals surface area contributed by atoms with E-state index in [-0.39, 0.29) is 36.9 Å². The Labute approximate surface area is 172 Å². The summed E-state index contributed by atoms with van der Waals surface area (Å²) in [5.41, 5.74) is 0.945. The largest absolute Gasteiger partial charge is 0.616 e. The molecule has 1 aromatic rings. The zero-order chi connectivity index (χ0) is 20.5. The van der Waals surface area contributed by atoms with Crippen molar-refractivity contribution in [2.75, 3.05) is 34.4 Å². The number of amides is 2. The molecule has 0 spiro atoms. The maximum Gasteiger partial charge on any atom is 0.414 e. The monoisotopic (exact) mass is 423 g/mol. The van der Waals surface area contributed by atoms with E-state index in [1.807, 2.05) is 6.92 Å². The van der Waals surface area contributed by atoms with Gasteiger partial charge in [-0.2, -0.15) is 0 Å². The van der Waals surface area contributed by atoms with E-state index in [0.29, 0.717) is 29.3 Å². The molecule has 3 aliphatic heterocycles. The van der Waals surface area contributed by atoms with Gasteiger partial charge in [-0.25, -0.2) is 9.18 Å². The summed E-state index contributed by atoms with van der Waals surface area (Å²) in [5, 5.41) is 2.75. The van der Waals surface area contributed by atoms with Crippen molar-refractivity contribution < 1.29 is 23.3 Å². The van der Waals surface area contributed by atoms with Gasteiger partial charge in [0.2, 0.25) is 5.91 Å². The first-order valence-electron chi connectivity index (χ1n) is 10.1. The summed E-state index contributed by atoms with van der Waals surface area (Å²) >= 11 is -0.825. The molecule has 29 heavy (non-hydrogen) atoms. The lowest BCUT2D eigenvalue weighted by Crippen LogP contribution is -2.49. The molecule has 0 radical (unpaired) electrons. The third kappa shape index (κ3) is 4.16. The van der Waals surface area contributed by atoms with Crippen molar-refractivity contribution in [2.45, 2.75) is 50.8 Å². The molecule has 0 saturated carbocycles. The molecule has 4 rings (SSSR count). The lowest BCUT2D eigenvalue weighted by Gasteiger charge is -2.37. The topological polar surface area (TPSA) is 84.9 Å². The quantitative estimate of drug-likeness (QED) is 0.709. The van der Waals surface area contributed by atoms with Gasteiger partial charge < -0.3 is 19.5 Å². The molecule has 2 bridgehead atoms. The van der Waals surface area contributed by atoms with Gasteiger partial charge in [-0.05, 0) is 48.6 Å². The zero-order valence-electron chi connectivity index (χ0n) is 16.4. The fourth-order valence-corrected chi connectivity index (χ4v) is 6.08. The third-order valence-corrected chi connectivity index (χ3v) is 7.29. The number of hydrogen-bond acceptors (Lipinski definition) is 5. The van der Waals surface area contributed by atoms with Gasteiger partial charge >= 0.3 is 6.09 Å². The van der Waals surface area contributed by atoms with Crippen molar-refractivity contribution in [1.29, 1.82) is 0 Å². The zero-order valence-corrected chi connectivity index (χ0v) is 17.3. The Hall–Kier alpha value is -2.00. The first-order chi connectivity index (χ1) is 14.0. The maximum absolute atomic E-state index is 15.0. The Bertz CT molecular complexity index is 781. The number of anilines is 2. The molecule has 3 fully saturated rings. The fourth-order valence-electron chi connectivity index (χ4n) is 4.43. The molecule has 3 saturated heterocycles. The number of cyclic esters (lactones) is 1. The van der Waals surface area contributed by atoms with Crippen molar-refractivity contribution in [1.82, 2.24) is 5.32 Å². The van der Waals surface area contributed by atoms with E-state index in [0.717, 1.165) is 19.3 Å². The molecule has 7 nitrogen and oxygen atoms in total. The Balaban J connectivity index is 1.43. The summed E-state index contributed by atoms with van der Waals surface area (Å²) in [7, 11) is 0. The third-order valence-electron chi connectivity index (χ3n) is 5.78. The van der Waals surface area contributed by atoms with Gasteiger partial charge in [-0.3, -0.25) is 9.69 Å². The fraction of sp³-hybridized carbons (Fsp3) is 0.600. The number of ether oxygens (including phenoxy) is 1. The number of nitrogens with zero attached hydrogens (tertiary/aromatic N) is 2. The number of hydrogen-bond donors (Lipinski definition) is 1. The summed E-state index contributed by atoms with van der Waals surface area (Å²) in [6, 6.07) is 5.02. The standard InChI is InChI=1S/C20H26FN3O4S/c1-2-3-19(25)22-9-16-10-23(20(26)28-16)13-6-7-18(17(21)8-13)24-14-4-5-15(24)12-29(27)11-14/h6-8,14-16H,2-5,9-12H2,1H3,(H,22,25)/t14-,15+,16-,29?/m0/s1. The van der Waals surface area contributed by atoms with Crippen molar-refractivity contribution >= 4 is 34.6 Å². The highest BCUT2D eigenvalue weighted by Crippen LogP contribution is 2.38. The van der Waals surface area contributed by atoms with Crippen molar-refractivity contribution in [3.05, 3.63) is 24.0 Å². The molecule has 1 aromatic carbocycles. The van der Waals surface area contributed by atoms with E-state index in [1.165, 1.54) is 11.0 Å². The van der Waals surface area contributed by atoms with Gasteiger partial charge in [0.15, 0.2) is 0 Å². The van der Waals surface area contributed by atoms with Crippen LogP contribution in [-0.4, -0.2) is 59.3 Å². The molecular weight excluding hydrogens is 397 g/mol. The predicted octanol–water partition coefficient (Wildman–Crippen LogP) is 2.17. The summed E-state index contributed by atoms with van der Waals surface area (Å²) in [5.74, 6) is 0.706. The summed E-state index contributed by atoms with van der Waals surface area (Å²) in [6.45, 7) is 2.43. The van der Waals surface area contributed by atoms with Gasteiger partial charge in [-0.15, -0.1) is 0 Å². The molecule has 0 aliphatic carbocycles. The number of carbonyl (C=O) groups excluding carboxylic acids is 2. The van der Waals surface area contributed by atoms with Crippen LogP contribution in [-0.2, 0) is 20.7 Å². The van der Waals surface area contributed by atoms with Gasteiger partial charge in [0, 0.05) is 6.42 Å². The average molecular weight is 424 g/mol. The van der Waals surface area contributed by atoms with Crippen molar-refractivity contribution in [3.63, 3.8) is 0 Å². The number of rotatable bonds is 6. The number of benzene rings is 1. The van der Waals surface area contributed by atoms with Crippen LogP contribution < -0.4 is 15.1 Å². The van der Waals surface area contributed by atoms with E-state index in [1.54, 1.807) is 12.1 Å². The molecule has 1 N–H and O–H groups in total. The molecular formula is C20H26FN3O4S. The van der Waals surface area contributed by atoms with Crippen LogP contribution in [0.2, 0.25) is 0 Å². The van der Waals surface area contributed by atoms with Gasteiger partial charge in [-0.1, -0.05) is 6.92 Å². The molecule has 2 amide bonds. The molecule has 3 aliphatic rings. The molecule has 3 heterocycles. The van der Waals surface area contributed by atoms with Crippen LogP contribution in [0.25, 0.3) is 0 Å². The summed E-state index contributed by atoms with van der Waals surface area (Å²) in [4.78, 5) is 27.3. The predicted molar refractivity (Wildman–Crippen MR) is 109 cm³/mol. The molecule has 9 heteroatoms. The van der Waals surface area contributed by atoms with Crippen LogP contribution in [0, 0.1) is 5.82 Å². The first-order valence-corrected chi connectivity index (χ1v) is 11.6. The molecule has 0 aromatic heterocycles. The normalized spacial score (nSPS) is 28.6. The second-order valence-electron chi connectivity index (χ2n) is 7.87. The summed E-state index contributed by atoms with van der Waals surface area (Å²) < 4.78 is 32.2. The van der Waals surface area contributed by atoms with Crippen LogP contribution in [0.4, 0.5) is 20.6 Å². The lowest BCUT2D eigenvalue weighted by atomic mass is 10.2. The highest BCUT2D eigenvalue weighted by atomic mass is 32.2. The van der Waals surface area contributed by atoms with E-state index in [2.05, 4.69) is 10.2 Å². The number of carbonyl (C=O) groups is 2. The minimum Gasteiger partial charge on any atom is -0.616 e. The smallest absolute Gasteiger partial charge is 0.414 e. The van der Waals surface area contributed by atoms with E-state index in [4.69, 9.17) is 4.74 Å². The number of nitrogens with one attached hydrogen (secondary N) is 1. The van der Waals surface area contributed by atoms with Gasteiger partial charge in [0.1, 0.15) is 23.4 Å². The second-order valence-corrected chi connectivity index (χ2v) is 9.42. The van der Waals surface area contributed by atoms with Crippen LogP contribution in [0.1, 0.15) is 32.6 Å². The Morgan fingerprint density at radius 2 is 2.07 bits per heavy atom. The van der Waals surface area contributed by atoms with E-state index >= 15 is 0 Å². The van der Waals surface area contributed by atoms with Gasteiger partial charge in [0.05, 0.1) is 36.5 Å². The Kier molecular flexibility index (Phi) is 5.87. The van der Waals surface area contributed by atoms with Crippen LogP contribution in [0.15, 0.2) is 18.2 Å². The maximum atomic E-state index is 15.0. The molecule has 4 atom stereocenters. The summed E-state index contributed by atoms with van der Waals surface area (Å²) in [6.07, 6.45) is 2.05. The lowest BCUT2D eigenvalue weighted by molar-refractivity contribution is -0.121. The SMILES string of the molecule is CCCC(=O)NC[C@H]1CN(c2ccc(N3[C@@H]4CC[C@H]3C[S+]([O-])C4)c(F)c2)C(=O)O1. The highest BCUT2D eigenvalue weighted by molar-refractivity contribution is 7.91. The second kappa shape index (κ2) is 8.39. The van der Waals surface area contributed by atoms with Crippen LogP contribution >= 0.6 is 0 Å².